The lowest BCUT2D eigenvalue weighted by atomic mass is 9.86. The normalized spacial score (nSPS) is 25.4. The molecule has 1 saturated heterocycles. The molecule has 1 N–H and O–H groups in total. The van der Waals surface area contributed by atoms with Gasteiger partial charge in [-0.2, -0.15) is 0 Å². The summed E-state index contributed by atoms with van der Waals surface area (Å²) in [5.74, 6) is 1.60. The minimum Gasteiger partial charge on any atom is -0.493 e. The molecule has 108 valence electrons. The Morgan fingerprint density at radius 2 is 1.90 bits per heavy atom. The van der Waals surface area contributed by atoms with Gasteiger partial charge in [0.2, 0.25) is 5.91 Å². The highest BCUT2D eigenvalue weighted by molar-refractivity contribution is 5.78. The van der Waals surface area contributed by atoms with Crippen LogP contribution in [0.2, 0.25) is 0 Å². The second-order valence-corrected chi connectivity index (χ2v) is 5.45. The Balaban J connectivity index is 2.07. The van der Waals surface area contributed by atoms with E-state index in [1.54, 1.807) is 14.2 Å². The molecule has 2 atom stereocenters. The Kier molecular flexibility index (Phi) is 3.30. The lowest BCUT2D eigenvalue weighted by molar-refractivity contribution is -0.127. The van der Waals surface area contributed by atoms with Gasteiger partial charge in [0.15, 0.2) is 11.5 Å². The Labute approximate surface area is 118 Å². The lowest BCUT2D eigenvalue weighted by Crippen LogP contribution is -2.53. The molecule has 0 aliphatic carbocycles. The Morgan fingerprint density at radius 3 is 2.60 bits per heavy atom. The van der Waals surface area contributed by atoms with Crippen molar-refractivity contribution in [2.24, 2.45) is 0 Å². The van der Waals surface area contributed by atoms with Crippen molar-refractivity contribution in [2.75, 3.05) is 20.9 Å². The number of methoxy groups -OCH3 is 2. The van der Waals surface area contributed by atoms with Crippen molar-refractivity contribution in [2.45, 2.75) is 31.8 Å². The minimum absolute atomic E-state index is 0.112. The third-order valence-corrected chi connectivity index (χ3v) is 4.32. The van der Waals surface area contributed by atoms with Gasteiger partial charge in [0.05, 0.1) is 20.9 Å². The molecule has 0 saturated carbocycles. The van der Waals surface area contributed by atoms with Crippen molar-refractivity contribution in [3.63, 3.8) is 0 Å². The van der Waals surface area contributed by atoms with Crippen LogP contribution in [0.25, 0.3) is 0 Å². The number of nitrogens with one attached hydrogen (secondary N) is 1. The van der Waals surface area contributed by atoms with Gasteiger partial charge >= 0.3 is 0 Å². The molecule has 1 aromatic rings. The number of rotatable bonds is 2. The molecule has 0 radical (unpaired) electrons. The molecule has 2 aliphatic rings. The van der Waals surface area contributed by atoms with Gasteiger partial charge in [-0.05, 0) is 36.6 Å². The maximum atomic E-state index is 11.7. The number of ether oxygens (including phenoxy) is 2. The summed E-state index contributed by atoms with van der Waals surface area (Å²) in [5.41, 5.74) is 2.45. The van der Waals surface area contributed by atoms with Crippen LogP contribution in [-0.2, 0) is 11.2 Å². The van der Waals surface area contributed by atoms with Crippen LogP contribution in [0.5, 0.6) is 11.5 Å². The first-order chi connectivity index (χ1) is 9.63. The van der Waals surface area contributed by atoms with Crippen LogP contribution in [0.15, 0.2) is 12.1 Å². The van der Waals surface area contributed by atoms with Crippen LogP contribution in [-0.4, -0.2) is 37.7 Å². The zero-order valence-electron chi connectivity index (χ0n) is 12.1. The summed E-state index contributed by atoms with van der Waals surface area (Å²) in [5, 5.41) is 2.92. The molecule has 3 rings (SSSR count). The quantitative estimate of drug-likeness (QED) is 0.888. The van der Waals surface area contributed by atoms with Gasteiger partial charge in [0.25, 0.3) is 0 Å². The molecule has 2 aliphatic heterocycles. The van der Waals surface area contributed by atoms with Crippen LogP contribution >= 0.6 is 0 Å². The van der Waals surface area contributed by atoms with Gasteiger partial charge in [-0.3, -0.25) is 9.69 Å². The van der Waals surface area contributed by atoms with Crippen LogP contribution < -0.4 is 14.8 Å². The van der Waals surface area contributed by atoms with E-state index in [1.165, 1.54) is 11.1 Å². The number of carbonyl (C=O) groups is 1. The maximum Gasteiger partial charge on any atom is 0.222 e. The van der Waals surface area contributed by atoms with Gasteiger partial charge in [-0.15, -0.1) is 0 Å². The summed E-state index contributed by atoms with van der Waals surface area (Å²) in [6, 6.07) is 4.62. The van der Waals surface area contributed by atoms with E-state index in [2.05, 4.69) is 23.2 Å². The lowest BCUT2D eigenvalue weighted by Gasteiger charge is -2.44. The Hall–Kier alpha value is -1.75. The van der Waals surface area contributed by atoms with E-state index in [1.807, 2.05) is 6.07 Å². The summed E-state index contributed by atoms with van der Waals surface area (Å²) in [6.07, 6.45) is 1.47. The fraction of sp³-hybridized carbons (Fsp3) is 0.533. The molecule has 1 aromatic carbocycles. The van der Waals surface area contributed by atoms with E-state index < -0.39 is 0 Å². The van der Waals surface area contributed by atoms with Crippen molar-refractivity contribution in [1.29, 1.82) is 0 Å². The van der Waals surface area contributed by atoms with E-state index in [0.29, 0.717) is 19.1 Å². The maximum absolute atomic E-state index is 11.7. The molecule has 0 spiro atoms. The predicted octanol–water partition coefficient (Wildman–Crippen LogP) is 1.47. The summed E-state index contributed by atoms with van der Waals surface area (Å²) < 4.78 is 10.8. The summed E-state index contributed by atoms with van der Waals surface area (Å²) in [4.78, 5) is 14.1. The zero-order chi connectivity index (χ0) is 14.3. The standard InChI is InChI=1S/C15H20N2O3/c1-9-4-10-5-13(19-2)14(20-3)6-11(10)12-7-15(18)16-8-17(9)12/h5-6,9,12H,4,7-8H2,1-3H3,(H,16,18)/t9-,12?/m1/s1. The number of hydrogen-bond acceptors (Lipinski definition) is 4. The minimum atomic E-state index is 0.112. The smallest absolute Gasteiger partial charge is 0.222 e. The Bertz CT molecular complexity index is 544. The van der Waals surface area contributed by atoms with E-state index in [-0.39, 0.29) is 11.9 Å². The number of amides is 1. The van der Waals surface area contributed by atoms with Gasteiger partial charge in [0, 0.05) is 18.5 Å². The average Bonchev–Trinajstić information content (AvgIpc) is 2.46. The SMILES string of the molecule is COc1cc2c(cc1OC)C1CC(=O)NCN1[C@H](C)C2. The van der Waals surface area contributed by atoms with Crippen molar-refractivity contribution in [1.82, 2.24) is 10.2 Å². The average molecular weight is 276 g/mol. The third-order valence-electron chi connectivity index (χ3n) is 4.32. The zero-order valence-corrected chi connectivity index (χ0v) is 12.1. The molecule has 5 nitrogen and oxygen atoms in total. The molecule has 1 fully saturated rings. The number of nitrogens with zero attached hydrogens (tertiary/aromatic N) is 1. The first-order valence-corrected chi connectivity index (χ1v) is 6.91. The van der Waals surface area contributed by atoms with E-state index in [4.69, 9.17) is 9.47 Å². The number of benzene rings is 1. The largest absolute Gasteiger partial charge is 0.493 e. The highest BCUT2D eigenvalue weighted by Gasteiger charge is 2.37. The molecule has 0 bridgehead atoms. The molecule has 2 heterocycles. The topological polar surface area (TPSA) is 50.8 Å². The molecular formula is C15H20N2O3. The first-order valence-electron chi connectivity index (χ1n) is 6.91. The van der Waals surface area contributed by atoms with E-state index in [0.717, 1.165) is 17.9 Å². The van der Waals surface area contributed by atoms with Gasteiger partial charge < -0.3 is 14.8 Å². The predicted molar refractivity (Wildman–Crippen MR) is 74.9 cm³/mol. The highest BCUT2D eigenvalue weighted by Crippen LogP contribution is 2.41. The molecular weight excluding hydrogens is 256 g/mol. The van der Waals surface area contributed by atoms with Crippen molar-refractivity contribution < 1.29 is 14.3 Å². The summed E-state index contributed by atoms with van der Waals surface area (Å²) >= 11 is 0. The van der Waals surface area contributed by atoms with Crippen LogP contribution in [0.3, 0.4) is 0 Å². The molecule has 5 heteroatoms. The third kappa shape index (κ3) is 2.02. The fourth-order valence-electron chi connectivity index (χ4n) is 3.27. The first kappa shape index (κ1) is 13.2. The number of carbonyl (C=O) groups excluding carboxylic acids is 1. The van der Waals surface area contributed by atoms with Crippen LogP contribution in [0, 0.1) is 0 Å². The molecule has 20 heavy (non-hydrogen) atoms. The van der Waals surface area contributed by atoms with Gasteiger partial charge in [-0.1, -0.05) is 0 Å². The summed E-state index contributed by atoms with van der Waals surface area (Å²) in [7, 11) is 3.29. The number of fused-ring (bicyclic) bond motifs is 3. The number of hydrogen-bond donors (Lipinski definition) is 1. The second-order valence-electron chi connectivity index (χ2n) is 5.45. The Morgan fingerprint density at radius 1 is 1.20 bits per heavy atom. The van der Waals surface area contributed by atoms with Crippen LogP contribution in [0.4, 0.5) is 0 Å². The summed E-state index contributed by atoms with van der Waals surface area (Å²) in [6.45, 7) is 2.82. The van der Waals surface area contributed by atoms with E-state index in [9.17, 15) is 4.79 Å². The highest BCUT2D eigenvalue weighted by atomic mass is 16.5. The monoisotopic (exact) mass is 276 g/mol. The van der Waals surface area contributed by atoms with Crippen LogP contribution in [0.1, 0.15) is 30.5 Å². The van der Waals surface area contributed by atoms with Crippen molar-refractivity contribution in [3.05, 3.63) is 23.3 Å². The fourth-order valence-corrected chi connectivity index (χ4v) is 3.27. The molecule has 0 aromatic heterocycles. The molecule has 1 unspecified atom stereocenters. The molecule has 1 amide bonds. The van der Waals surface area contributed by atoms with Gasteiger partial charge in [0.1, 0.15) is 0 Å². The van der Waals surface area contributed by atoms with Crippen molar-refractivity contribution in [3.8, 4) is 11.5 Å². The van der Waals surface area contributed by atoms with E-state index >= 15 is 0 Å². The van der Waals surface area contributed by atoms with Crippen molar-refractivity contribution >= 4 is 5.91 Å². The second kappa shape index (κ2) is 4.98. The van der Waals surface area contributed by atoms with Gasteiger partial charge in [-0.25, -0.2) is 0 Å².